The van der Waals surface area contributed by atoms with Gasteiger partial charge >= 0.3 is 5.97 Å². The number of likely N-dealkylation sites (tertiary alicyclic amines) is 1. The van der Waals surface area contributed by atoms with Crippen molar-refractivity contribution in [2.24, 2.45) is 5.41 Å². The van der Waals surface area contributed by atoms with E-state index in [2.05, 4.69) is 9.97 Å². The van der Waals surface area contributed by atoms with Crippen molar-refractivity contribution in [2.45, 2.75) is 20.3 Å². The summed E-state index contributed by atoms with van der Waals surface area (Å²) in [6, 6.07) is 1.55. The van der Waals surface area contributed by atoms with Crippen molar-refractivity contribution in [2.75, 3.05) is 13.1 Å². The fraction of sp³-hybridized carbons (Fsp3) is 0.500. The Morgan fingerprint density at radius 1 is 1.50 bits per heavy atom. The van der Waals surface area contributed by atoms with Crippen molar-refractivity contribution < 1.29 is 14.7 Å². The van der Waals surface area contributed by atoms with E-state index in [0.29, 0.717) is 24.5 Å². The highest BCUT2D eigenvalue weighted by molar-refractivity contribution is 5.93. The molecule has 1 aromatic rings. The number of nitrogens with zero attached hydrogens (tertiary/aromatic N) is 3. The number of aryl methyl sites for hydroxylation is 1. The molecule has 2 rings (SSSR count). The number of amides is 1. The maximum Gasteiger partial charge on any atom is 0.311 e. The zero-order valence-electron chi connectivity index (χ0n) is 10.4. The summed E-state index contributed by atoms with van der Waals surface area (Å²) in [6.07, 6.45) is 2.00. The number of rotatable bonds is 2. The molecular formula is C12H15N3O3. The average molecular weight is 249 g/mol. The minimum atomic E-state index is -0.864. The Bertz CT molecular complexity index is 503. The number of hydrogen-bond acceptors (Lipinski definition) is 4. The highest BCUT2D eigenvalue weighted by Crippen LogP contribution is 2.30. The molecule has 1 atom stereocenters. The highest BCUT2D eigenvalue weighted by atomic mass is 16.4. The van der Waals surface area contributed by atoms with Gasteiger partial charge in [-0.1, -0.05) is 0 Å². The maximum absolute atomic E-state index is 12.2. The highest BCUT2D eigenvalue weighted by Gasteiger charge is 2.42. The van der Waals surface area contributed by atoms with E-state index in [9.17, 15) is 9.59 Å². The van der Waals surface area contributed by atoms with E-state index in [4.69, 9.17) is 5.11 Å². The van der Waals surface area contributed by atoms with Crippen LogP contribution in [0.1, 0.15) is 29.7 Å². The first kappa shape index (κ1) is 12.5. The van der Waals surface area contributed by atoms with E-state index in [1.165, 1.54) is 11.1 Å². The summed E-state index contributed by atoms with van der Waals surface area (Å²) in [6.45, 7) is 4.05. The van der Waals surface area contributed by atoms with Crippen LogP contribution >= 0.6 is 0 Å². The Kier molecular flexibility index (Phi) is 3.02. The van der Waals surface area contributed by atoms with Gasteiger partial charge in [0.05, 0.1) is 5.41 Å². The van der Waals surface area contributed by atoms with E-state index in [1.807, 2.05) is 0 Å². The quantitative estimate of drug-likeness (QED) is 0.835. The second kappa shape index (κ2) is 4.36. The SMILES string of the molecule is Cc1nccc(C(=O)N2CCC(C)(C(=O)O)C2)n1. The van der Waals surface area contributed by atoms with Gasteiger partial charge in [-0.25, -0.2) is 9.97 Å². The van der Waals surface area contributed by atoms with Crippen molar-refractivity contribution in [1.82, 2.24) is 14.9 Å². The van der Waals surface area contributed by atoms with Gasteiger partial charge < -0.3 is 10.0 Å². The lowest BCUT2D eigenvalue weighted by Gasteiger charge is -2.19. The molecule has 1 N–H and O–H groups in total. The summed E-state index contributed by atoms with van der Waals surface area (Å²) in [7, 11) is 0. The summed E-state index contributed by atoms with van der Waals surface area (Å²) in [4.78, 5) is 32.8. The van der Waals surface area contributed by atoms with Crippen molar-refractivity contribution in [3.8, 4) is 0 Å². The molecule has 0 radical (unpaired) electrons. The van der Waals surface area contributed by atoms with E-state index >= 15 is 0 Å². The van der Waals surface area contributed by atoms with Crippen molar-refractivity contribution >= 4 is 11.9 Å². The van der Waals surface area contributed by atoms with Gasteiger partial charge in [-0.3, -0.25) is 9.59 Å². The first-order valence-corrected chi connectivity index (χ1v) is 5.75. The summed E-state index contributed by atoms with van der Waals surface area (Å²) < 4.78 is 0. The molecule has 1 fully saturated rings. The van der Waals surface area contributed by atoms with Gasteiger partial charge in [0.1, 0.15) is 11.5 Å². The van der Waals surface area contributed by atoms with Crippen LogP contribution in [-0.4, -0.2) is 44.9 Å². The largest absolute Gasteiger partial charge is 0.481 e. The van der Waals surface area contributed by atoms with E-state index in [-0.39, 0.29) is 12.5 Å². The van der Waals surface area contributed by atoms with Crippen LogP contribution in [0.15, 0.2) is 12.3 Å². The van der Waals surface area contributed by atoms with Gasteiger partial charge in [0.25, 0.3) is 5.91 Å². The molecule has 6 heteroatoms. The van der Waals surface area contributed by atoms with Gasteiger partial charge in [-0.05, 0) is 26.3 Å². The number of carbonyl (C=O) groups is 2. The number of carbonyl (C=O) groups excluding carboxylic acids is 1. The van der Waals surface area contributed by atoms with Gasteiger partial charge in [0, 0.05) is 19.3 Å². The third-order valence-corrected chi connectivity index (χ3v) is 3.27. The van der Waals surface area contributed by atoms with Crippen LogP contribution in [0.3, 0.4) is 0 Å². The monoisotopic (exact) mass is 249 g/mol. The third kappa shape index (κ3) is 2.18. The molecule has 1 saturated heterocycles. The predicted molar refractivity (Wildman–Crippen MR) is 63.0 cm³/mol. The van der Waals surface area contributed by atoms with Crippen LogP contribution in [-0.2, 0) is 4.79 Å². The normalized spacial score (nSPS) is 23.1. The van der Waals surface area contributed by atoms with Crippen LogP contribution in [0.2, 0.25) is 0 Å². The van der Waals surface area contributed by atoms with Crippen LogP contribution < -0.4 is 0 Å². The van der Waals surface area contributed by atoms with Gasteiger partial charge in [-0.2, -0.15) is 0 Å². The number of aromatic nitrogens is 2. The van der Waals surface area contributed by atoms with Gasteiger partial charge in [-0.15, -0.1) is 0 Å². The first-order chi connectivity index (χ1) is 8.42. The lowest BCUT2D eigenvalue weighted by Crippen LogP contribution is -2.35. The Labute approximate surface area is 105 Å². The maximum atomic E-state index is 12.2. The lowest BCUT2D eigenvalue weighted by molar-refractivity contribution is -0.147. The minimum Gasteiger partial charge on any atom is -0.481 e. The first-order valence-electron chi connectivity index (χ1n) is 5.75. The smallest absolute Gasteiger partial charge is 0.311 e. The van der Waals surface area contributed by atoms with E-state index in [1.54, 1.807) is 19.9 Å². The zero-order chi connectivity index (χ0) is 13.3. The predicted octanol–water partition coefficient (Wildman–Crippen LogP) is 0.722. The Morgan fingerprint density at radius 3 is 2.78 bits per heavy atom. The summed E-state index contributed by atoms with van der Waals surface area (Å²) in [5.41, 5.74) is -0.533. The van der Waals surface area contributed by atoms with Crippen molar-refractivity contribution in [1.29, 1.82) is 0 Å². The van der Waals surface area contributed by atoms with Gasteiger partial charge in [0.15, 0.2) is 0 Å². The average Bonchev–Trinajstić information content (AvgIpc) is 2.72. The minimum absolute atomic E-state index is 0.226. The molecule has 6 nitrogen and oxygen atoms in total. The van der Waals surface area contributed by atoms with Crippen LogP contribution in [0.25, 0.3) is 0 Å². The fourth-order valence-corrected chi connectivity index (χ4v) is 2.05. The van der Waals surface area contributed by atoms with E-state index in [0.717, 1.165) is 0 Å². The summed E-state index contributed by atoms with van der Waals surface area (Å²) in [5.74, 6) is -0.566. The Hall–Kier alpha value is -1.98. The molecule has 0 aromatic carbocycles. The molecule has 1 amide bonds. The zero-order valence-corrected chi connectivity index (χ0v) is 10.4. The number of carboxylic acids is 1. The molecule has 0 aliphatic carbocycles. The number of hydrogen-bond donors (Lipinski definition) is 1. The summed E-state index contributed by atoms with van der Waals surface area (Å²) >= 11 is 0. The topological polar surface area (TPSA) is 83.4 Å². The number of aliphatic carboxylic acids is 1. The van der Waals surface area contributed by atoms with Crippen LogP contribution in [0, 0.1) is 12.3 Å². The standard InChI is InChI=1S/C12H15N3O3/c1-8-13-5-3-9(14-8)10(16)15-6-4-12(2,7-15)11(17)18/h3,5H,4,6-7H2,1-2H3,(H,17,18). The molecule has 2 heterocycles. The second-order valence-corrected chi connectivity index (χ2v) is 4.83. The lowest BCUT2D eigenvalue weighted by atomic mass is 9.90. The van der Waals surface area contributed by atoms with Crippen LogP contribution in [0.4, 0.5) is 0 Å². The number of carboxylic acid groups (broad SMARTS) is 1. The molecule has 1 aromatic heterocycles. The molecule has 0 spiro atoms. The van der Waals surface area contributed by atoms with Crippen LogP contribution in [0.5, 0.6) is 0 Å². The molecule has 0 bridgehead atoms. The van der Waals surface area contributed by atoms with Crippen molar-refractivity contribution in [3.05, 3.63) is 23.8 Å². The van der Waals surface area contributed by atoms with Crippen molar-refractivity contribution in [3.63, 3.8) is 0 Å². The Morgan fingerprint density at radius 2 is 2.22 bits per heavy atom. The molecule has 1 aliphatic rings. The van der Waals surface area contributed by atoms with Gasteiger partial charge in [0.2, 0.25) is 0 Å². The molecular weight excluding hydrogens is 234 g/mol. The Balaban J connectivity index is 2.15. The fourth-order valence-electron chi connectivity index (χ4n) is 2.05. The summed E-state index contributed by atoms with van der Waals surface area (Å²) in [5, 5.41) is 9.12. The second-order valence-electron chi connectivity index (χ2n) is 4.83. The molecule has 1 aliphatic heterocycles. The third-order valence-electron chi connectivity index (χ3n) is 3.27. The molecule has 18 heavy (non-hydrogen) atoms. The molecule has 0 saturated carbocycles. The molecule has 1 unspecified atom stereocenters. The molecule has 96 valence electrons. The van der Waals surface area contributed by atoms with E-state index < -0.39 is 11.4 Å².